The third-order valence-corrected chi connectivity index (χ3v) is 7.35. The van der Waals surface area contributed by atoms with E-state index in [0.29, 0.717) is 30.8 Å². The van der Waals surface area contributed by atoms with Crippen molar-refractivity contribution >= 4 is 23.1 Å². The summed E-state index contributed by atoms with van der Waals surface area (Å²) in [5.41, 5.74) is -0.445. The maximum atomic E-state index is 14.5. The second kappa shape index (κ2) is 13.0. The van der Waals surface area contributed by atoms with Gasteiger partial charge in [-0.1, -0.05) is 30.3 Å². The van der Waals surface area contributed by atoms with Crippen molar-refractivity contribution < 1.29 is 32.3 Å². The molecule has 4 aromatic rings. The zero-order valence-electron chi connectivity index (χ0n) is 23.4. The highest BCUT2D eigenvalue weighted by molar-refractivity contribution is 6.41. The van der Waals surface area contributed by atoms with Gasteiger partial charge in [0.2, 0.25) is 5.78 Å². The molecule has 44 heavy (non-hydrogen) atoms. The number of carbonyl (C=O) groups is 2. The Balaban J connectivity index is 1.42. The summed E-state index contributed by atoms with van der Waals surface area (Å²) in [6.07, 6.45) is 1.35. The van der Waals surface area contributed by atoms with E-state index >= 15 is 0 Å². The molecule has 5 rings (SSSR count). The molecule has 0 radical (unpaired) electrons. The Morgan fingerprint density at radius 3 is 2.23 bits per heavy atom. The van der Waals surface area contributed by atoms with Crippen LogP contribution in [0.15, 0.2) is 89.9 Å². The molecule has 1 saturated heterocycles. The van der Waals surface area contributed by atoms with Gasteiger partial charge in [-0.3, -0.25) is 14.4 Å². The molecule has 0 spiro atoms. The Morgan fingerprint density at radius 1 is 0.818 bits per heavy atom. The molecule has 7 nitrogen and oxygen atoms in total. The van der Waals surface area contributed by atoms with Gasteiger partial charge in [-0.05, 0) is 53.6 Å². The minimum Gasteiger partial charge on any atom is -0.507 e. The molecule has 0 atom stereocenters. The number of rotatable bonds is 8. The summed E-state index contributed by atoms with van der Waals surface area (Å²) in [5.74, 6) is -7.06. The molecule has 0 bridgehead atoms. The van der Waals surface area contributed by atoms with Gasteiger partial charge in [0, 0.05) is 56.1 Å². The summed E-state index contributed by atoms with van der Waals surface area (Å²) >= 11 is 0. The zero-order valence-corrected chi connectivity index (χ0v) is 23.4. The topological polar surface area (TPSA) is 82.8 Å². The molecule has 1 aliphatic heterocycles. The third kappa shape index (κ3) is 6.72. The molecule has 226 valence electrons. The predicted octanol–water partition coefficient (Wildman–Crippen LogP) is 4.86. The Bertz CT molecular complexity index is 1800. The van der Waals surface area contributed by atoms with Crippen molar-refractivity contribution in [2.45, 2.75) is 13.0 Å². The predicted molar refractivity (Wildman–Crippen MR) is 156 cm³/mol. The van der Waals surface area contributed by atoms with Crippen molar-refractivity contribution in [1.82, 2.24) is 9.47 Å². The van der Waals surface area contributed by atoms with Crippen LogP contribution >= 0.6 is 0 Å². The van der Waals surface area contributed by atoms with E-state index in [1.54, 1.807) is 6.07 Å². The van der Waals surface area contributed by atoms with Crippen molar-refractivity contribution in [3.63, 3.8) is 0 Å². The summed E-state index contributed by atoms with van der Waals surface area (Å²) in [4.78, 5) is 42.6. The second-order valence-electron chi connectivity index (χ2n) is 10.3. The van der Waals surface area contributed by atoms with Crippen LogP contribution in [0.2, 0.25) is 0 Å². The van der Waals surface area contributed by atoms with Gasteiger partial charge in [0.05, 0.1) is 12.1 Å². The van der Waals surface area contributed by atoms with Crippen molar-refractivity contribution in [1.29, 1.82) is 0 Å². The van der Waals surface area contributed by atoms with E-state index < -0.39 is 63.8 Å². The van der Waals surface area contributed by atoms with Crippen LogP contribution in [0.1, 0.15) is 22.3 Å². The highest BCUT2D eigenvalue weighted by Crippen LogP contribution is 2.22. The van der Waals surface area contributed by atoms with Crippen LogP contribution in [0.25, 0.3) is 5.76 Å². The Kier molecular flexibility index (Phi) is 8.94. The first kappa shape index (κ1) is 30.3. The second-order valence-corrected chi connectivity index (χ2v) is 10.3. The summed E-state index contributed by atoms with van der Waals surface area (Å²) < 4.78 is 57.6. The van der Waals surface area contributed by atoms with Crippen molar-refractivity contribution in [2.75, 3.05) is 31.1 Å². The zero-order chi connectivity index (χ0) is 31.4. The Labute approximate surface area is 249 Å². The summed E-state index contributed by atoms with van der Waals surface area (Å²) in [6.45, 7) is 1.29. The monoisotopic (exact) mass is 605 g/mol. The molecule has 0 unspecified atom stereocenters. The van der Waals surface area contributed by atoms with Gasteiger partial charge in [-0.25, -0.2) is 17.6 Å². The van der Waals surface area contributed by atoms with Gasteiger partial charge < -0.3 is 19.5 Å². The number of carbonyl (C=O) groups excluding carboxylic acids is 2. The van der Waals surface area contributed by atoms with Gasteiger partial charge >= 0.3 is 0 Å². The quantitative estimate of drug-likeness (QED) is 0.102. The first-order valence-corrected chi connectivity index (χ1v) is 13.7. The molecule has 2 heterocycles. The molecule has 0 saturated carbocycles. The minimum absolute atomic E-state index is 0.0789. The van der Waals surface area contributed by atoms with E-state index in [2.05, 4.69) is 4.90 Å². The number of benzene rings is 3. The van der Waals surface area contributed by atoms with Crippen LogP contribution in [0, 0.1) is 23.3 Å². The lowest BCUT2D eigenvalue weighted by Gasteiger charge is -2.35. The fourth-order valence-corrected chi connectivity index (χ4v) is 5.09. The largest absolute Gasteiger partial charge is 0.507 e. The molecule has 3 aromatic carbocycles. The standard InChI is InChI=1S/C33H27F4N3O4/c34-23-6-4-5-21(15-23)19-40-20-22(16-25-27(35)9-10-28(36)31(25)37)17-26(32(40)43)29(41)18-30(42)33(44)39-13-11-38(12-14-39)24-7-2-1-3-8-24/h1-10,15,17-18,20,41H,11-14,16,19H2/b29-18-. The fraction of sp³-hybridized carbons (Fsp3) is 0.182. The molecule has 1 aromatic heterocycles. The lowest BCUT2D eigenvalue weighted by Crippen LogP contribution is -2.50. The maximum Gasteiger partial charge on any atom is 0.294 e. The molecule has 1 amide bonds. The van der Waals surface area contributed by atoms with Crippen LogP contribution in [0.3, 0.4) is 0 Å². The number of aliphatic hydroxyl groups is 1. The van der Waals surface area contributed by atoms with E-state index in [1.165, 1.54) is 29.3 Å². The first-order chi connectivity index (χ1) is 21.1. The van der Waals surface area contributed by atoms with E-state index in [1.807, 2.05) is 30.3 Å². The highest BCUT2D eigenvalue weighted by Gasteiger charge is 2.26. The maximum absolute atomic E-state index is 14.5. The van der Waals surface area contributed by atoms with Gasteiger partial charge in [-0.2, -0.15) is 0 Å². The molecular formula is C33H27F4N3O4. The number of anilines is 1. The number of amides is 1. The number of aliphatic hydroxyl groups excluding tert-OH is 1. The summed E-state index contributed by atoms with van der Waals surface area (Å²) in [5, 5.41) is 10.9. The van der Waals surface area contributed by atoms with Crippen LogP contribution in [-0.2, 0) is 22.6 Å². The van der Waals surface area contributed by atoms with Crippen molar-refractivity contribution in [3.05, 3.63) is 141 Å². The number of hydrogen-bond acceptors (Lipinski definition) is 5. The first-order valence-electron chi connectivity index (χ1n) is 13.7. The van der Waals surface area contributed by atoms with Crippen LogP contribution in [0.5, 0.6) is 0 Å². The van der Waals surface area contributed by atoms with Crippen LogP contribution < -0.4 is 10.5 Å². The third-order valence-electron chi connectivity index (χ3n) is 7.35. The van der Waals surface area contributed by atoms with Crippen LogP contribution in [-0.4, -0.2) is 52.4 Å². The number of piperazine rings is 1. The fourth-order valence-electron chi connectivity index (χ4n) is 5.09. The summed E-state index contributed by atoms with van der Waals surface area (Å²) in [6, 6.07) is 17.5. The molecular weight excluding hydrogens is 578 g/mol. The lowest BCUT2D eigenvalue weighted by atomic mass is 10.0. The number of halogens is 4. The van der Waals surface area contributed by atoms with Gasteiger partial charge in [0.1, 0.15) is 17.4 Å². The molecule has 0 aliphatic carbocycles. The smallest absolute Gasteiger partial charge is 0.294 e. The SMILES string of the molecule is O=C(/C=C(\O)c1cc(Cc2c(F)ccc(F)c2F)cn(Cc2cccc(F)c2)c1=O)C(=O)N1CCN(c2ccccc2)CC1. The lowest BCUT2D eigenvalue weighted by molar-refractivity contribution is -0.142. The van der Waals surface area contributed by atoms with E-state index in [-0.39, 0.29) is 25.2 Å². The Hall–Kier alpha value is -5.19. The summed E-state index contributed by atoms with van der Waals surface area (Å²) in [7, 11) is 0. The molecule has 1 aliphatic rings. The number of pyridine rings is 1. The normalized spacial score (nSPS) is 13.7. The van der Waals surface area contributed by atoms with Gasteiger partial charge in [-0.15, -0.1) is 0 Å². The molecule has 1 fully saturated rings. The Morgan fingerprint density at radius 2 is 1.52 bits per heavy atom. The van der Waals surface area contributed by atoms with Crippen LogP contribution in [0.4, 0.5) is 23.2 Å². The average Bonchev–Trinajstić information content (AvgIpc) is 3.02. The van der Waals surface area contributed by atoms with E-state index in [9.17, 15) is 37.1 Å². The number of aromatic nitrogens is 1. The molecule has 1 N–H and O–H groups in total. The highest BCUT2D eigenvalue weighted by atomic mass is 19.2. The van der Waals surface area contributed by atoms with E-state index in [0.717, 1.165) is 22.4 Å². The van der Waals surface area contributed by atoms with E-state index in [4.69, 9.17) is 0 Å². The average molecular weight is 606 g/mol. The number of hydrogen-bond donors (Lipinski definition) is 1. The van der Waals surface area contributed by atoms with Gasteiger partial charge in [0.25, 0.3) is 11.5 Å². The number of ketones is 1. The molecule has 11 heteroatoms. The minimum atomic E-state index is -1.41. The number of nitrogens with zero attached hydrogens (tertiary/aromatic N) is 3. The van der Waals surface area contributed by atoms with Gasteiger partial charge in [0.15, 0.2) is 11.6 Å². The van der Waals surface area contributed by atoms with Crippen molar-refractivity contribution in [3.8, 4) is 0 Å². The number of para-hydroxylation sites is 1. The van der Waals surface area contributed by atoms with Crippen molar-refractivity contribution in [2.24, 2.45) is 0 Å².